The van der Waals surface area contributed by atoms with E-state index in [1.54, 1.807) is 35.5 Å². The maximum Gasteiger partial charge on any atom is 0.326 e. The Kier molecular flexibility index (Phi) is 19.1. The number of carbonyl (C=O) groups is 2. The summed E-state index contributed by atoms with van der Waals surface area (Å²) >= 11 is 6.52. The molecule has 0 bridgehead atoms. The molecule has 1 N–H and O–H groups in total. The lowest BCUT2D eigenvalue weighted by Crippen LogP contribution is -2.60. The molecule has 6 heterocycles. The minimum atomic E-state index is -0.976. The fraction of sp³-hybridized carbons (Fsp3) is 0.394. The van der Waals surface area contributed by atoms with E-state index in [0.29, 0.717) is 108 Å². The first kappa shape index (κ1) is 60.5. The van der Waals surface area contributed by atoms with E-state index in [4.69, 9.17) is 40.3 Å². The second-order valence-electron chi connectivity index (χ2n) is 22.9. The molecule has 1 saturated heterocycles. The first-order valence-electron chi connectivity index (χ1n) is 29.2. The summed E-state index contributed by atoms with van der Waals surface area (Å²) in [5.41, 5.74) is 7.85. The van der Waals surface area contributed by atoms with Gasteiger partial charge in [-0.2, -0.15) is 10.2 Å². The second kappa shape index (κ2) is 26.8. The summed E-state index contributed by atoms with van der Waals surface area (Å²) in [4.78, 5) is 48.2. The number of hydrogen-bond acceptors (Lipinski definition) is 12. The van der Waals surface area contributed by atoms with E-state index < -0.39 is 11.1 Å². The van der Waals surface area contributed by atoms with E-state index in [1.807, 2.05) is 65.5 Å². The standard InChI is InChI=1S/C66H76ClFN10O7/c1-8-85-59-38-53(64(3,4)5)18-21-56(59)62-73-65(6,51-14-12-46(2)13-15-51)66(7,52-16-19-54(67)20-17-52)78(62)63(80)75-25-23-74(24-26-75)27-29-82-31-33-84-35-34-83-32-30-81-28-22-60(79)77-45-49(40-72-77)48-37-57-58(42-70-61(57)69-39-48)50-41-71-76(44-50)43-47-10-9-11-55(68)36-47/h9-21,36-42,44-45H,8,22-35,43H2,1-7H3,(H,69,70)/t65-,66+/m1/s1. The van der Waals surface area contributed by atoms with Crippen LogP contribution in [0.3, 0.4) is 0 Å². The van der Waals surface area contributed by atoms with E-state index in [-0.39, 0.29) is 36.2 Å². The largest absolute Gasteiger partial charge is 0.493 e. The quantitative estimate of drug-likeness (QED) is 0.0572. The molecule has 1 fully saturated rings. The number of nitrogens with one attached hydrogen (secondary N) is 1. The van der Waals surface area contributed by atoms with Crippen LogP contribution in [-0.2, 0) is 42.0 Å². The van der Waals surface area contributed by atoms with Gasteiger partial charge in [-0.15, -0.1) is 0 Å². The minimum Gasteiger partial charge on any atom is -0.493 e. The van der Waals surface area contributed by atoms with E-state index in [0.717, 1.165) is 67.6 Å². The Morgan fingerprint density at radius 2 is 1.41 bits per heavy atom. The SMILES string of the molecule is CCOc1cc(C(C)(C)C)ccc1C1=N[C@](C)(c2ccc(C)cc2)[C@](C)(c2ccc(Cl)cc2)N1C(=O)N1CCN(CCOCCOCCOCCOCCC(=O)n2cc(-c3cnc4[nH]cc(-c5cnn(Cc6cccc(F)c6)c5)c4c3)cn2)CC1. The fourth-order valence-electron chi connectivity index (χ4n) is 11.1. The molecule has 2 aliphatic rings. The summed E-state index contributed by atoms with van der Waals surface area (Å²) in [5, 5.41) is 10.3. The lowest BCUT2D eigenvalue weighted by Gasteiger charge is -2.47. The number of carbonyl (C=O) groups excluding carboxylic acids is 2. The summed E-state index contributed by atoms with van der Waals surface area (Å²) in [6.45, 7) is 22.1. The third-order valence-corrected chi connectivity index (χ3v) is 16.4. The van der Waals surface area contributed by atoms with Crippen LogP contribution in [0.4, 0.5) is 9.18 Å². The van der Waals surface area contributed by atoms with Gasteiger partial charge in [0.05, 0.1) is 90.4 Å². The molecule has 0 aliphatic carbocycles. The highest BCUT2D eigenvalue weighted by atomic mass is 35.5. The van der Waals surface area contributed by atoms with Gasteiger partial charge in [0.1, 0.15) is 34.1 Å². The third-order valence-electron chi connectivity index (χ3n) is 16.2. The number of pyridine rings is 1. The number of amidine groups is 1. The zero-order valence-electron chi connectivity index (χ0n) is 49.7. The first-order valence-corrected chi connectivity index (χ1v) is 29.6. The molecule has 2 atom stereocenters. The van der Waals surface area contributed by atoms with Gasteiger partial charge in [0.2, 0.25) is 5.91 Å². The summed E-state index contributed by atoms with van der Waals surface area (Å²) in [7, 11) is 0. The highest BCUT2D eigenvalue weighted by Gasteiger charge is 2.60. The molecule has 8 aromatic rings. The van der Waals surface area contributed by atoms with Crippen LogP contribution < -0.4 is 4.74 Å². The highest BCUT2D eigenvalue weighted by Crippen LogP contribution is 2.54. The third kappa shape index (κ3) is 13.8. The summed E-state index contributed by atoms with van der Waals surface area (Å²) < 4.78 is 46.3. The zero-order chi connectivity index (χ0) is 59.7. The molecule has 10 rings (SSSR count). The number of aliphatic imine (C=N–C) groups is 1. The Bertz CT molecular complexity index is 3610. The van der Waals surface area contributed by atoms with Gasteiger partial charge in [-0.3, -0.25) is 24.3 Å². The van der Waals surface area contributed by atoms with Gasteiger partial charge in [-0.25, -0.2) is 18.9 Å². The molecule has 446 valence electrons. The minimum absolute atomic E-state index is 0.117. The van der Waals surface area contributed by atoms with Crippen molar-refractivity contribution in [2.24, 2.45) is 4.99 Å². The Labute approximate surface area is 501 Å². The number of aromatic amines is 1. The summed E-state index contributed by atoms with van der Waals surface area (Å²) in [6, 6.07) is 30.9. The predicted molar refractivity (Wildman–Crippen MR) is 328 cm³/mol. The van der Waals surface area contributed by atoms with Gasteiger partial charge in [-0.05, 0) is 97.8 Å². The van der Waals surface area contributed by atoms with Crippen molar-refractivity contribution in [3.8, 4) is 28.0 Å². The molecule has 4 aromatic carbocycles. The van der Waals surface area contributed by atoms with E-state index in [1.165, 1.54) is 16.8 Å². The van der Waals surface area contributed by atoms with Crippen molar-refractivity contribution in [1.82, 2.24) is 44.2 Å². The topological polar surface area (TPSA) is 167 Å². The van der Waals surface area contributed by atoms with Crippen LogP contribution >= 0.6 is 11.6 Å². The molecule has 4 aromatic heterocycles. The van der Waals surface area contributed by atoms with E-state index in [9.17, 15) is 9.18 Å². The maximum atomic E-state index is 15.5. The van der Waals surface area contributed by atoms with Crippen molar-refractivity contribution in [3.05, 3.63) is 178 Å². The van der Waals surface area contributed by atoms with Crippen molar-refractivity contribution in [3.63, 3.8) is 0 Å². The molecule has 2 aliphatic heterocycles. The van der Waals surface area contributed by atoms with Crippen molar-refractivity contribution in [1.29, 1.82) is 0 Å². The van der Waals surface area contributed by atoms with Crippen LogP contribution in [0.15, 0.2) is 139 Å². The molecule has 0 spiro atoms. The number of fused-ring (bicyclic) bond motifs is 1. The second-order valence-corrected chi connectivity index (χ2v) is 23.4. The van der Waals surface area contributed by atoms with E-state index >= 15 is 4.79 Å². The molecule has 17 nitrogen and oxygen atoms in total. The average molecular weight is 1180 g/mol. The van der Waals surface area contributed by atoms with Gasteiger partial charge >= 0.3 is 6.03 Å². The highest BCUT2D eigenvalue weighted by molar-refractivity contribution is 6.30. The van der Waals surface area contributed by atoms with Gasteiger partial charge < -0.3 is 33.6 Å². The lowest BCUT2D eigenvalue weighted by molar-refractivity contribution is -0.00511. The number of benzene rings is 4. The summed E-state index contributed by atoms with van der Waals surface area (Å²) in [6.07, 6.45) is 10.8. The number of piperazine rings is 1. The monoisotopic (exact) mass is 1170 g/mol. The lowest BCUT2D eigenvalue weighted by atomic mass is 9.70. The van der Waals surface area contributed by atoms with Crippen LogP contribution in [0.2, 0.25) is 5.02 Å². The number of nitrogens with zero attached hydrogens (tertiary/aromatic N) is 9. The predicted octanol–water partition coefficient (Wildman–Crippen LogP) is 11.6. The number of urea groups is 1. The molecular formula is C66H76ClFN10O7. The molecule has 0 saturated carbocycles. The number of hydrogen-bond donors (Lipinski definition) is 1. The first-order chi connectivity index (χ1) is 41.0. The van der Waals surface area contributed by atoms with Crippen molar-refractivity contribution < 1.29 is 37.7 Å². The molecule has 0 radical (unpaired) electrons. The molecular weight excluding hydrogens is 1100 g/mol. The number of H-pyrrole nitrogens is 1. The van der Waals surface area contributed by atoms with Crippen LogP contribution in [0, 0.1) is 12.7 Å². The molecule has 85 heavy (non-hydrogen) atoms. The van der Waals surface area contributed by atoms with Crippen molar-refractivity contribution in [2.45, 2.75) is 77.9 Å². The number of aryl methyl sites for hydroxylation is 1. The number of aromatic nitrogens is 6. The maximum absolute atomic E-state index is 15.5. The van der Waals surface area contributed by atoms with Crippen LogP contribution in [0.5, 0.6) is 5.75 Å². The molecule has 0 unspecified atom stereocenters. The normalized spacial score (nSPS) is 17.5. The van der Waals surface area contributed by atoms with Crippen LogP contribution in [-0.4, -0.2) is 154 Å². The van der Waals surface area contributed by atoms with Crippen LogP contribution in [0.1, 0.15) is 86.1 Å². The Balaban J connectivity index is 0.636. The Morgan fingerprint density at radius 3 is 2.11 bits per heavy atom. The van der Waals surface area contributed by atoms with Gasteiger partial charge in [0, 0.05) is 90.2 Å². The van der Waals surface area contributed by atoms with Crippen molar-refractivity contribution >= 4 is 40.4 Å². The number of rotatable bonds is 24. The van der Waals surface area contributed by atoms with Crippen molar-refractivity contribution in [2.75, 3.05) is 92.2 Å². The number of ether oxygens (including phenoxy) is 5. The smallest absolute Gasteiger partial charge is 0.326 e. The van der Waals surface area contributed by atoms with Gasteiger partial charge in [0.15, 0.2) is 0 Å². The Hall–Kier alpha value is -7.58. The zero-order valence-corrected chi connectivity index (χ0v) is 50.4. The Morgan fingerprint density at radius 1 is 0.729 bits per heavy atom. The number of halogens is 2. The van der Waals surface area contributed by atoms with E-state index in [2.05, 4.69) is 109 Å². The average Bonchev–Trinajstić information content (AvgIpc) is 1.58. The van der Waals surface area contributed by atoms with Gasteiger partial charge in [-0.1, -0.05) is 92.5 Å². The van der Waals surface area contributed by atoms with Crippen LogP contribution in [0.25, 0.3) is 33.3 Å². The molecule has 2 amide bonds. The summed E-state index contributed by atoms with van der Waals surface area (Å²) in [5.74, 6) is 0.780. The van der Waals surface area contributed by atoms with Gasteiger partial charge in [0.25, 0.3) is 0 Å². The number of amides is 2. The fourth-order valence-corrected chi connectivity index (χ4v) is 11.2. The molecule has 19 heteroatoms.